The van der Waals surface area contributed by atoms with Gasteiger partial charge in [-0.2, -0.15) is 0 Å². The average molecular weight is 693 g/mol. The van der Waals surface area contributed by atoms with E-state index < -0.39 is 0 Å². The predicted octanol–water partition coefficient (Wildman–Crippen LogP) is 12.3. The SMILES string of the molecule is O=C1c2cccc(-n3c4cc(-c5ccccc5)ccc4c4ccc(-c5ccccc5)cc43)c2C(=O)N1c1cc(-c2ccccc2)cc(-c2ccccc2)c1. The Balaban J connectivity index is 1.19. The van der Waals surface area contributed by atoms with Crippen molar-refractivity contribution in [2.45, 2.75) is 0 Å². The lowest BCUT2D eigenvalue weighted by molar-refractivity contribution is 0.0926. The molecule has 0 saturated carbocycles. The average Bonchev–Trinajstić information content (AvgIpc) is 3.71. The maximum Gasteiger partial charge on any atom is 0.268 e. The molecular weight excluding hydrogens is 661 g/mol. The molecule has 0 saturated heterocycles. The highest BCUT2D eigenvalue weighted by Gasteiger charge is 2.39. The Morgan fingerprint density at radius 2 is 0.778 bits per heavy atom. The van der Waals surface area contributed by atoms with Crippen LogP contribution in [0, 0.1) is 0 Å². The molecule has 1 aliphatic rings. The number of imide groups is 1. The number of fused-ring (bicyclic) bond motifs is 4. The van der Waals surface area contributed by atoms with Crippen LogP contribution in [-0.2, 0) is 0 Å². The van der Waals surface area contributed by atoms with Crippen molar-refractivity contribution in [1.82, 2.24) is 4.57 Å². The number of nitrogens with zero attached hydrogens (tertiary/aromatic N) is 2. The van der Waals surface area contributed by atoms with Crippen molar-refractivity contribution in [3.63, 3.8) is 0 Å². The van der Waals surface area contributed by atoms with Crippen LogP contribution in [0.1, 0.15) is 20.7 Å². The summed E-state index contributed by atoms with van der Waals surface area (Å²) in [6.07, 6.45) is 0. The number of hydrogen-bond acceptors (Lipinski definition) is 2. The minimum absolute atomic E-state index is 0.336. The van der Waals surface area contributed by atoms with E-state index in [-0.39, 0.29) is 11.8 Å². The second kappa shape index (κ2) is 12.7. The summed E-state index contributed by atoms with van der Waals surface area (Å²) in [6, 6.07) is 65.4. The van der Waals surface area contributed by atoms with E-state index in [0.29, 0.717) is 22.5 Å². The molecule has 9 aromatic rings. The molecule has 4 nitrogen and oxygen atoms in total. The number of hydrogen-bond donors (Lipinski definition) is 0. The summed E-state index contributed by atoms with van der Waals surface area (Å²) >= 11 is 0. The normalized spacial score (nSPS) is 12.5. The van der Waals surface area contributed by atoms with E-state index >= 15 is 0 Å². The van der Waals surface area contributed by atoms with Crippen LogP contribution in [0.15, 0.2) is 194 Å². The lowest BCUT2D eigenvalue weighted by Gasteiger charge is -2.18. The molecule has 1 aromatic heterocycles. The molecule has 0 fully saturated rings. The van der Waals surface area contributed by atoms with E-state index in [9.17, 15) is 9.59 Å². The Kier molecular flexibility index (Phi) is 7.41. The maximum absolute atomic E-state index is 15.0. The van der Waals surface area contributed by atoms with Crippen LogP contribution in [0.2, 0.25) is 0 Å². The highest BCUT2D eigenvalue weighted by Crippen LogP contribution is 2.41. The Labute approximate surface area is 312 Å². The van der Waals surface area contributed by atoms with E-state index in [4.69, 9.17) is 0 Å². The van der Waals surface area contributed by atoms with Gasteiger partial charge in [0.1, 0.15) is 0 Å². The van der Waals surface area contributed by atoms with Gasteiger partial charge in [0.15, 0.2) is 0 Å². The molecule has 2 amide bonds. The van der Waals surface area contributed by atoms with E-state index in [0.717, 1.165) is 66.3 Å². The molecule has 0 atom stereocenters. The Hall–Kier alpha value is -7.30. The Bertz CT molecular complexity index is 2740. The van der Waals surface area contributed by atoms with Crippen LogP contribution < -0.4 is 4.90 Å². The van der Waals surface area contributed by atoms with Gasteiger partial charge >= 0.3 is 0 Å². The highest BCUT2D eigenvalue weighted by molar-refractivity contribution is 6.36. The third kappa shape index (κ3) is 5.15. The van der Waals surface area contributed by atoms with Gasteiger partial charge in [0, 0.05) is 10.8 Å². The molecule has 8 aromatic carbocycles. The van der Waals surface area contributed by atoms with E-state index in [1.807, 2.05) is 121 Å². The van der Waals surface area contributed by atoms with Crippen molar-refractivity contribution in [3.8, 4) is 50.2 Å². The number of rotatable bonds is 6. The molecular formula is C50H32N2O2. The zero-order valence-electron chi connectivity index (χ0n) is 29.2. The summed E-state index contributed by atoms with van der Waals surface area (Å²) < 4.78 is 2.17. The second-order valence-electron chi connectivity index (χ2n) is 13.7. The smallest absolute Gasteiger partial charge is 0.268 e. The van der Waals surface area contributed by atoms with Crippen LogP contribution in [0.25, 0.3) is 72.0 Å². The van der Waals surface area contributed by atoms with Crippen molar-refractivity contribution in [2.24, 2.45) is 0 Å². The summed E-state index contributed by atoms with van der Waals surface area (Å²) in [7, 11) is 0. The first-order chi connectivity index (χ1) is 26.6. The number of benzene rings is 8. The van der Waals surface area contributed by atoms with Crippen molar-refractivity contribution in [3.05, 3.63) is 205 Å². The van der Waals surface area contributed by atoms with Crippen LogP contribution in [0.3, 0.4) is 0 Å². The van der Waals surface area contributed by atoms with Crippen LogP contribution >= 0.6 is 0 Å². The van der Waals surface area contributed by atoms with Gasteiger partial charge in [-0.25, -0.2) is 4.90 Å². The summed E-state index contributed by atoms with van der Waals surface area (Å²) in [5, 5.41) is 2.14. The van der Waals surface area contributed by atoms with Gasteiger partial charge in [-0.05, 0) is 87.0 Å². The Morgan fingerprint density at radius 1 is 0.333 bits per heavy atom. The lowest BCUT2D eigenvalue weighted by Crippen LogP contribution is -2.29. The molecule has 0 N–H and O–H groups in total. The zero-order valence-corrected chi connectivity index (χ0v) is 29.2. The van der Waals surface area contributed by atoms with Crippen molar-refractivity contribution >= 4 is 39.3 Å². The van der Waals surface area contributed by atoms with Crippen LogP contribution in [-0.4, -0.2) is 16.4 Å². The number of amides is 2. The fourth-order valence-electron chi connectivity index (χ4n) is 7.92. The molecule has 54 heavy (non-hydrogen) atoms. The van der Waals surface area contributed by atoms with E-state index in [1.165, 1.54) is 4.90 Å². The quantitative estimate of drug-likeness (QED) is 0.163. The van der Waals surface area contributed by atoms with Gasteiger partial charge < -0.3 is 4.57 Å². The summed E-state index contributed by atoms with van der Waals surface area (Å²) in [5.74, 6) is -0.681. The monoisotopic (exact) mass is 692 g/mol. The van der Waals surface area contributed by atoms with Gasteiger partial charge in [-0.1, -0.05) is 152 Å². The number of aromatic nitrogens is 1. The first-order valence-electron chi connectivity index (χ1n) is 18.1. The third-order valence-electron chi connectivity index (χ3n) is 10.5. The molecule has 10 rings (SSSR count). The first-order valence-corrected chi connectivity index (χ1v) is 18.1. The molecule has 4 heteroatoms. The molecule has 254 valence electrons. The van der Waals surface area contributed by atoms with Gasteiger partial charge in [-0.15, -0.1) is 0 Å². The highest BCUT2D eigenvalue weighted by atomic mass is 16.2. The zero-order chi connectivity index (χ0) is 36.2. The molecule has 0 unspecified atom stereocenters. The fourth-order valence-corrected chi connectivity index (χ4v) is 7.92. The number of carbonyl (C=O) groups is 2. The van der Waals surface area contributed by atoms with Crippen molar-refractivity contribution in [2.75, 3.05) is 4.90 Å². The molecule has 0 bridgehead atoms. The van der Waals surface area contributed by atoms with Gasteiger partial charge in [0.05, 0.1) is 33.5 Å². The third-order valence-corrected chi connectivity index (χ3v) is 10.5. The van der Waals surface area contributed by atoms with E-state index in [1.54, 1.807) is 6.07 Å². The van der Waals surface area contributed by atoms with Crippen molar-refractivity contribution < 1.29 is 9.59 Å². The molecule has 1 aliphatic heterocycles. The molecule has 0 radical (unpaired) electrons. The topological polar surface area (TPSA) is 42.3 Å². The number of anilines is 1. The van der Waals surface area contributed by atoms with Crippen LogP contribution in [0.4, 0.5) is 5.69 Å². The largest absolute Gasteiger partial charge is 0.308 e. The minimum Gasteiger partial charge on any atom is -0.308 e. The summed E-state index contributed by atoms with van der Waals surface area (Å²) in [4.78, 5) is 30.8. The maximum atomic E-state index is 15.0. The lowest BCUT2D eigenvalue weighted by atomic mass is 9.97. The van der Waals surface area contributed by atoms with Gasteiger partial charge in [0.2, 0.25) is 0 Å². The second-order valence-corrected chi connectivity index (χ2v) is 13.7. The number of carbonyl (C=O) groups excluding carboxylic acids is 2. The van der Waals surface area contributed by atoms with E-state index in [2.05, 4.69) is 71.3 Å². The summed E-state index contributed by atoms with van der Waals surface area (Å²) in [6.45, 7) is 0. The van der Waals surface area contributed by atoms with Gasteiger partial charge in [-0.3, -0.25) is 9.59 Å². The predicted molar refractivity (Wildman–Crippen MR) is 220 cm³/mol. The fraction of sp³-hybridized carbons (Fsp3) is 0. The van der Waals surface area contributed by atoms with Gasteiger partial charge in [0.25, 0.3) is 11.8 Å². The minimum atomic E-state index is -0.344. The Morgan fingerprint density at radius 3 is 1.24 bits per heavy atom. The van der Waals surface area contributed by atoms with Crippen molar-refractivity contribution in [1.29, 1.82) is 0 Å². The molecule has 0 aliphatic carbocycles. The molecule has 2 heterocycles. The van der Waals surface area contributed by atoms with Crippen LogP contribution in [0.5, 0.6) is 0 Å². The first kappa shape index (κ1) is 31.4. The summed E-state index contributed by atoms with van der Waals surface area (Å²) in [5.41, 5.74) is 12.1. The standard InChI is InChI=1S/C50H32N2O2/c53-49-44-22-13-23-45(48(44)50(54)51(49)41-29-39(35-18-9-3-10-19-35)28-40(30-41)36-20-11-4-12-21-36)52-46-31-37(33-14-5-1-6-15-33)24-26-42(46)43-27-25-38(32-47(43)52)34-16-7-2-8-17-34/h1-32H. The molecule has 0 spiro atoms.